The van der Waals surface area contributed by atoms with E-state index in [-0.39, 0.29) is 6.42 Å². The molecule has 0 atom stereocenters. The van der Waals surface area contributed by atoms with Crippen LogP contribution in [0.15, 0.2) is 11.6 Å². The highest BCUT2D eigenvalue weighted by molar-refractivity contribution is 5.01. The van der Waals surface area contributed by atoms with E-state index in [0.717, 1.165) is 12.5 Å². The van der Waals surface area contributed by atoms with Crippen molar-refractivity contribution < 1.29 is 8.78 Å². The van der Waals surface area contributed by atoms with Crippen LogP contribution in [0.4, 0.5) is 8.78 Å². The summed E-state index contributed by atoms with van der Waals surface area (Å²) in [6, 6.07) is 0. The number of alkyl halides is 2. The predicted octanol–water partition coefficient (Wildman–Crippen LogP) is 3.63. The van der Waals surface area contributed by atoms with Crippen molar-refractivity contribution in [2.45, 2.75) is 40.0 Å². The molecule has 0 aromatic carbocycles. The van der Waals surface area contributed by atoms with Gasteiger partial charge in [0, 0.05) is 6.42 Å². The molecule has 0 nitrogen and oxygen atoms in total. The molecule has 0 aromatic heterocycles. The minimum Gasteiger partial charge on any atom is -0.207 e. The van der Waals surface area contributed by atoms with Gasteiger partial charge in [-0.1, -0.05) is 25.5 Å². The molecule has 0 aromatic rings. The molecular formula is C9H16F2. The van der Waals surface area contributed by atoms with E-state index < -0.39 is 5.92 Å². The minimum absolute atomic E-state index is 0.142. The minimum atomic E-state index is -2.56. The zero-order valence-electron chi connectivity index (χ0n) is 7.62. The van der Waals surface area contributed by atoms with E-state index in [4.69, 9.17) is 0 Å². The van der Waals surface area contributed by atoms with Crippen molar-refractivity contribution in [3.05, 3.63) is 11.6 Å². The van der Waals surface area contributed by atoms with Gasteiger partial charge >= 0.3 is 0 Å². The molecule has 0 bridgehead atoms. The van der Waals surface area contributed by atoms with Gasteiger partial charge in [-0.05, 0) is 19.8 Å². The first-order valence-corrected chi connectivity index (χ1v) is 3.87. The lowest BCUT2D eigenvalue weighted by atomic mass is 10.0. The molecule has 0 N–H and O–H groups in total. The Labute approximate surface area is 67.3 Å². The van der Waals surface area contributed by atoms with Crippen molar-refractivity contribution >= 4 is 0 Å². The molecule has 0 amide bonds. The Kier molecular flexibility index (Phi) is 3.70. The molecule has 0 aliphatic heterocycles. The molecule has 0 radical (unpaired) electrons. The molecule has 11 heavy (non-hydrogen) atoms. The lowest BCUT2D eigenvalue weighted by molar-refractivity contribution is 0.0252. The average Bonchev–Trinajstić information content (AvgIpc) is 1.80. The zero-order valence-corrected chi connectivity index (χ0v) is 7.62. The Morgan fingerprint density at radius 1 is 1.45 bits per heavy atom. The van der Waals surface area contributed by atoms with Crippen LogP contribution < -0.4 is 0 Å². The van der Waals surface area contributed by atoms with E-state index in [1.165, 1.54) is 0 Å². The van der Waals surface area contributed by atoms with Crippen molar-refractivity contribution in [3.8, 4) is 0 Å². The van der Waals surface area contributed by atoms with Crippen LogP contribution >= 0.6 is 0 Å². The van der Waals surface area contributed by atoms with E-state index >= 15 is 0 Å². The average molecular weight is 162 g/mol. The summed E-state index contributed by atoms with van der Waals surface area (Å²) in [5, 5.41) is 0. The molecule has 0 rings (SSSR count). The van der Waals surface area contributed by atoms with Gasteiger partial charge < -0.3 is 0 Å². The van der Waals surface area contributed by atoms with Gasteiger partial charge in [-0.25, -0.2) is 8.78 Å². The summed E-state index contributed by atoms with van der Waals surface area (Å²) in [5.41, 5.74) is 1.03. The van der Waals surface area contributed by atoms with E-state index in [9.17, 15) is 8.78 Å². The molecule has 0 aliphatic rings. The first-order valence-electron chi connectivity index (χ1n) is 3.87. The largest absolute Gasteiger partial charge is 0.248 e. The Bertz CT molecular complexity index is 140. The SMILES string of the molecule is C/C(=C\CC(C)(F)F)C(C)C. The van der Waals surface area contributed by atoms with E-state index in [2.05, 4.69) is 0 Å². The molecule has 0 unspecified atom stereocenters. The second-order valence-electron chi connectivity index (χ2n) is 3.38. The predicted molar refractivity (Wildman–Crippen MR) is 43.8 cm³/mol. The number of hydrogen-bond acceptors (Lipinski definition) is 0. The molecule has 0 saturated carbocycles. The Hall–Kier alpha value is -0.400. The van der Waals surface area contributed by atoms with Crippen LogP contribution in [0.2, 0.25) is 0 Å². The number of allylic oxidation sites excluding steroid dienone is 2. The van der Waals surface area contributed by atoms with Crippen LogP contribution in [0.3, 0.4) is 0 Å². The molecule has 0 fully saturated rings. The topological polar surface area (TPSA) is 0 Å². The molecule has 66 valence electrons. The lowest BCUT2D eigenvalue weighted by Gasteiger charge is -2.09. The van der Waals surface area contributed by atoms with Crippen LogP contribution in [-0.2, 0) is 0 Å². The van der Waals surface area contributed by atoms with Crippen LogP contribution in [0, 0.1) is 5.92 Å². The maximum absolute atomic E-state index is 12.3. The normalized spacial score (nSPS) is 14.3. The summed E-state index contributed by atoms with van der Waals surface area (Å²) in [7, 11) is 0. The molecule has 2 heteroatoms. The highest BCUT2D eigenvalue weighted by atomic mass is 19.3. The maximum Gasteiger partial charge on any atom is 0.248 e. The van der Waals surface area contributed by atoms with Crippen LogP contribution in [-0.4, -0.2) is 5.92 Å². The van der Waals surface area contributed by atoms with Crippen molar-refractivity contribution in [2.75, 3.05) is 0 Å². The van der Waals surface area contributed by atoms with Crippen LogP contribution in [0.25, 0.3) is 0 Å². The first kappa shape index (κ1) is 10.6. The van der Waals surface area contributed by atoms with Crippen LogP contribution in [0.1, 0.15) is 34.1 Å². The summed E-state index contributed by atoms with van der Waals surface area (Å²) in [4.78, 5) is 0. The van der Waals surface area contributed by atoms with E-state index in [1.807, 2.05) is 20.8 Å². The summed E-state index contributed by atoms with van der Waals surface area (Å²) >= 11 is 0. The summed E-state index contributed by atoms with van der Waals surface area (Å²) < 4.78 is 24.6. The van der Waals surface area contributed by atoms with Gasteiger partial charge in [-0.3, -0.25) is 0 Å². The second kappa shape index (κ2) is 3.84. The summed E-state index contributed by atoms with van der Waals surface area (Å²) in [5.74, 6) is -2.19. The van der Waals surface area contributed by atoms with Gasteiger partial charge in [0.2, 0.25) is 5.92 Å². The number of rotatable bonds is 3. The fraction of sp³-hybridized carbons (Fsp3) is 0.778. The Morgan fingerprint density at radius 3 is 2.18 bits per heavy atom. The van der Waals surface area contributed by atoms with Crippen molar-refractivity contribution in [1.82, 2.24) is 0 Å². The molecule has 0 heterocycles. The van der Waals surface area contributed by atoms with Gasteiger partial charge in [0.25, 0.3) is 0 Å². The second-order valence-corrected chi connectivity index (χ2v) is 3.38. The molecule has 0 saturated heterocycles. The third-order valence-corrected chi connectivity index (χ3v) is 1.69. The van der Waals surface area contributed by atoms with Gasteiger partial charge in [-0.2, -0.15) is 0 Å². The van der Waals surface area contributed by atoms with Crippen molar-refractivity contribution in [2.24, 2.45) is 5.92 Å². The third kappa shape index (κ3) is 6.02. The Morgan fingerprint density at radius 2 is 1.91 bits per heavy atom. The Balaban J connectivity index is 3.93. The molecule has 0 aliphatic carbocycles. The quantitative estimate of drug-likeness (QED) is 0.556. The van der Waals surface area contributed by atoms with E-state index in [0.29, 0.717) is 5.92 Å². The van der Waals surface area contributed by atoms with Crippen molar-refractivity contribution in [3.63, 3.8) is 0 Å². The molecule has 0 spiro atoms. The monoisotopic (exact) mass is 162 g/mol. The van der Waals surface area contributed by atoms with Gasteiger partial charge in [0.15, 0.2) is 0 Å². The summed E-state index contributed by atoms with van der Waals surface area (Å²) in [6.45, 7) is 6.83. The fourth-order valence-corrected chi connectivity index (χ4v) is 0.576. The fourth-order valence-electron chi connectivity index (χ4n) is 0.576. The highest BCUT2D eigenvalue weighted by Crippen LogP contribution is 2.19. The van der Waals surface area contributed by atoms with Crippen LogP contribution in [0.5, 0.6) is 0 Å². The highest BCUT2D eigenvalue weighted by Gasteiger charge is 2.18. The smallest absolute Gasteiger partial charge is 0.207 e. The maximum atomic E-state index is 12.3. The molecular weight excluding hydrogens is 146 g/mol. The summed E-state index contributed by atoms with van der Waals surface area (Å²) in [6.07, 6.45) is 1.47. The number of halogens is 2. The standard InChI is InChI=1S/C9H16F2/c1-7(2)8(3)5-6-9(4,10)11/h5,7H,6H2,1-4H3/b8-5+. The van der Waals surface area contributed by atoms with Crippen molar-refractivity contribution in [1.29, 1.82) is 0 Å². The lowest BCUT2D eigenvalue weighted by Crippen LogP contribution is -2.07. The van der Waals surface area contributed by atoms with Gasteiger partial charge in [-0.15, -0.1) is 0 Å². The zero-order chi connectivity index (χ0) is 9.07. The number of hydrogen-bond donors (Lipinski definition) is 0. The first-order chi connectivity index (χ1) is 4.83. The third-order valence-electron chi connectivity index (χ3n) is 1.69. The van der Waals surface area contributed by atoms with Gasteiger partial charge in [0.1, 0.15) is 0 Å². The van der Waals surface area contributed by atoms with E-state index in [1.54, 1.807) is 6.08 Å². The van der Waals surface area contributed by atoms with Gasteiger partial charge in [0.05, 0.1) is 0 Å².